The summed E-state index contributed by atoms with van der Waals surface area (Å²) in [6.45, 7) is 8.88. The minimum atomic E-state index is 0.767. The van der Waals surface area contributed by atoms with Crippen molar-refractivity contribution in [3.05, 3.63) is 0 Å². The fourth-order valence-corrected chi connectivity index (χ4v) is 4.08. The van der Waals surface area contributed by atoms with Crippen LogP contribution in [0.4, 0.5) is 0 Å². The molecule has 3 fully saturated rings. The topological polar surface area (TPSA) is 15.3 Å². The third kappa shape index (κ3) is 3.95. The SMILES string of the molecule is CC(C)C1CC(NC2CCCC2)CN(CC2CC2)C1. The molecule has 0 aromatic rings. The van der Waals surface area contributed by atoms with E-state index in [2.05, 4.69) is 24.1 Å². The molecule has 0 aromatic heterocycles. The van der Waals surface area contributed by atoms with Crippen molar-refractivity contribution in [3.8, 4) is 0 Å². The van der Waals surface area contributed by atoms with Gasteiger partial charge in [-0.15, -0.1) is 0 Å². The van der Waals surface area contributed by atoms with Crippen molar-refractivity contribution >= 4 is 0 Å². The lowest BCUT2D eigenvalue weighted by molar-refractivity contribution is 0.107. The van der Waals surface area contributed by atoms with Crippen molar-refractivity contribution in [3.63, 3.8) is 0 Å². The number of hydrogen-bond acceptors (Lipinski definition) is 2. The molecular formula is C17H32N2. The molecule has 1 heterocycles. The van der Waals surface area contributed by atoms with Crippen molar-refractivity contribution in [2.45, 2.75) is 70.9 Å². The largest absolute Gasteiger partial charge is 0.310 e. The molecule has 2 heteroatoms. The van der Waals surface area contributed by atoms with Gasteiger partial charge in [0.15, 0.2) is 0 Å². The average molecular weight is 264 g/mol. The summed E-state index contributed by atoms with van der Waals surface area (Å²) in [5, 5.41) is 3.98. The molecule has 0 spiro atoms. The zero-order chi connectivity index (χ0) is 13.2. The lowest BCUT2D eigenvalue weighted by atomic mass is 9.85. The fraction of sp³-hybridized carbons (Fsp3) is 1.00. The van der Waals surface area contributed by atoms with E-state index < -0.39 is 0 Å². The second-order valence-corrected chi connectivity index (χ2v) is 7.75. The molecule has 1 saturated heterocycles. The first-order chi connectivity index (χ1) is 9.20. The van der Waals surface area contributed by atoms with Crippen LogP contribution in [0, 0.1) is 17.8 Å². The van der Waals surface area contributed by atoms with Gasteiger partial charge in [0.2, 0.25) is 0 Å². The molecule has 1 N–H and O–H groups in total. The van der Waals surface area contributed by atoms with Gasteiger partial charge in [-0.25, -0.2) is 0 Å². The minimum absolute atomic E-state index is 0.767. The Morgan fingerprint density at radius 2 is 1.74 bits per heavy atom. The summed E-state index contributed by atoms with van der Waals surface area (Å²) < 4.78 is 0. The summed E-state index contributed by atoms with van der Waals surface area (Å²) in [7, 11) is 0. The molecule has 1 aliphatic heterocycles. The summed E-state index contributed by atoms with van der Waals surface area (Å²) >= 11 is 0. The predicted molar refractivity (Wildman–Crippen MR) is 81.3 cm³/mol. The monoisotopic (exact) mass is 264 g/mol. The smallest absolute Gasteiger partial charge is 0.0200 e. The Morgan fingerprint density at radius 1 is 1.00 bits per heavy atom. The Hall–Kier alpha value is -0.0800. The standard InChI is InChI=1S/C17H32N2/c1-13(2)15-9-17(18-16-5-3-4-6-16)12-19(11-15)10-14-7-8-14/h13-18H,3-12H2,1-2H3. The van der Waals surface area contributed by atoms with Gasteiger partial charge in [0, 0.05) is 31.7 Å². The van der Waals surface area contributed by atoms with E-state index in [-0.39, 0.29) is 0 Å². The van der Waals surface area contributed by atoms with Crippen LogP contribution in [-0.4, -0.2) is 36.6 Å². The first-order valence-electron chi connectivity index (χ1n) is 8.69. The highest BCUT2D eigenvalue weighted by atomic mass is 15.2. The summed E-state index contributed by atoms with van der Waals surface area (Å²) in [5.74, 6) is 2.79. The highest BCUT2D eigenvalue weighted by molar-refractivity contribution is 4.90. The van der Waals surface area contributed by atoms with Crippen LogP contribution < -0.4 is 5.32 Å². The van der Waals surface area contributed by atoms with Crippen LogP contribution in [0.1, 0.15) is 58.8 Å². The van der Waals surface area contributed by atoms with Crippen molar-refractivity contribution in [2.24, 2.45) is 17.8 Å². The highest BCUT2D eigenvalue weighted by Gasteiger charge is 2.33. The quantitative estimate of drug-likeness (QED) is 0.820. The van der Waals surface area contributed by atoms with E-state index >= 15 is 0 Å². The molecule has 0 bridgehead atoms. The van der Waals surface area contributed by atoms with E-state index in [1.165, 1.54) is 64.6 Å². The Kier molecular flexibility index (Phi) is 4.48. The second-order valence-electron chi connectivity index (χ2n) is 7.75. The Bertz CT molecular complexity index is 277. The molecule has 3 rings (SSSR count). The maximum absolute atomic E-state index is 3.98. The molecule has 2 unspecified atom stereocenters. The van der Waals surface area contributed by atoms with Crippen LogP contribution in [0.5, 0.6) is 0 Å². The second kappa shape index (κ2) is 6.13. The van der Waals surface area contributed by atoms with Gasteiger partial charge >= 0.3 is 0 Å². The van der Waals surface area contributed by atoms with E-state index in [0.717, 1.165) is 29.8 Å². The number of hydrogen-bond donors (Lipinski definition) is 1. The zero-order valence-corrected chi connectivity index (χ0v) is 12.9. The van der Waals surface area contributed by atoms with Crippen molar-refractivity contribution in [1.29, 1.82) is 0 Å². The summed E-state index contributed by atoms with van der Waals surface area (Å²) in [6.07, 6.45) is 10.1. The molecule has 0 amide bonds. The molecule has 2 aliphatic carbocycles. The molecular weight excluding hydrogens is 232 g/mol. The van der Waals surface area contributed by atoms with Gasteiger partial charge in [-0.1, -0.05) is 26.7 Å². The van der Waals surface area contributed by atoms with E-state index in [1.54, 1.807) is 0 Å². The average Bonchev–Trinajstić information content (AvgIpc) is 3.03. The third-order valence-corrected chi connectivity index (χ3v) is 5.54. The van der Waals surface area contributed by atoms with Gasteiger partial charge in [0.1, 0.15) is 0 Å². The molecule has 19 heavy (non-hydrogen) atoms. The first kappa shape index (κ1) is 13.9. The Balaban J connectivity index is 1.54. The zero-order valence-electron chi connectivity index (χ0n) is 12.9. The molecule has 2 atom stereocenters. The Labute approximate surface area is 119 Å². The van der Waals surface area contributed by atoms with Crippen molar-refractivity contribution < 1.29 is 0 Å². The first-order valence-corrected chi connectivity index (χ1v) is 8.69. The lowest BCUT2D eigenvalue weighted by Gasteiger charge is -2.41. The maximum Gasteiger partial charge on any atom is 0.0200 e. The molecule has 0 aromatic carbocycles. The van der Waals surface area contributed by atoms with Crippen LogP contribution in [0.3, 0.4) is 0 Å². The number of piperidine rings is 1. The molecule has 110 valence electrons. The highest BCUT2D eigenvalue weighted by Crippen LogP contribution is 2.32. The van der Waals surface area contributed by atoms with Gasteiger partial charge in [0.05, 0.1) is 0 Å². The number of nitrogens with one attached hydrogen (secondary N) is 1. The summed E-state index contributed by atoms with van der Waals surface area (Å²) in [5.41, 5.74) is 0. The van der Waals surface area contributed by atoms with Crippen LogP contribution >= 0.6 is 0 Å². The summed E-state index contributed by atoms with van der Waals surface area (Å²) in [4.78, 5) is 2.78. The van der Waals surface area contributed by atoms with E-state index in [4.69, 9.17) is 0 Å². The van der Waals surface area contributed by atoms with Gasteiger partial charge < -0.3 is 10.2 Å². The minimum Gasteiger partial charge on any atom is -0.310 e. The molecule has 2 nitrogen and oxygen atoms in total. The van der Waals surface area contributed by atoms with Gasteiger partial charge in [-0.05, 0) is 49.9 Å². The predicted octanol–water partition coefficient (Wildman–Crippen LogP) is 3.28. The van der Waals surface area contributed by atoms with Gasteiger partial charge in [-0.3, -0.25) is 0 Å². The lowest BCUT2D eigenvalue weighted by Crippen LogP contribution is -2.52. The van der Waals surface area contributed by atoms with Crippen LogP contribution in [-0.2, 0) is 0 Å². The number of nitrogens with zero attached hydrogens (tertiary/aromatic N) is 1. The van der Waals surface area contributed by atoms with E-state index in [9.17, 15) is 0 Å². The number of likely N-dealkylation sites (tertiary alicyclic amines) is 1. The van der Waals surface area contributed by atoms with E-state index in [1.807, 2.05) is 0 Å². The maximum atomic E-state index is 3.98. The van der Waals surface area contributed by atoms with Crippen LogP contribution in [0.15, 0.2) is 0 Å². The van der Waals surface area contributed by atoms with Gasteiger partial charge in [0.25, 0.3) is 0 Å². The van der Waals surface area contributed by atoms with Crippen molar-refractivity contribution in [1.82, 2.24) is 10.2 Å². The molecule has 2 saturated carbocycles. The fourth-order valence-electron chi connectivity index (χ4n) is 4.08. The van der Waals surface area contributed by atoms with E-state index in [0.29, 0.717) is 0 Å². The third-order valence-electron chi connectivity index (χ3n) is 5.54. The Morgan fingerprint density at radius 3 is 2.37 bits per heavy atom. The van der Waals surface area contributed by atoms with Gasteiger partial charge in [-0.2, -0.15) is 0 Å². The van der Waals surface area contributed by atoms with Crippen LogP contribution in [0.2, 0.25) is 0 Å². The van der Waals surface area contributed by atoms with Crippen molar-refractivity contribution in [2.75, 3.05) is 19.6 Å². The normalized spacial score (nSPS) is 34.3. The number of rotatable bonds is 5. The molecule has 3 aliphatic rings. The van der Waals surface area contributed by atoms with Crippen LogP contribution in [0.25, 0.3) is 0 Å². The molecule has 0 radical (unpaired) electrons. The summed E-state index contributed by atoms with van der Waals surface area (Å²) in [6, 6.07) is 1.60.